The molecule has 186 valence electrons. The van der Waals surface area contributed by atoms with Crippen molar-refractivity contribution in [3.05, 3.63) is 83.5 Å². The monoisotopic (exact) mass is 482 g/mol. The molecule has 2 aromatic rings. The Balaban J connectivity index is 1.60. The number of allylic oxidation sites excluding steroid dienone is 2. The van der Waals surface area contributed by atoms with Crippen molar-refractivity contribution in [1.82, 2.24) is 20.4 Å². The van der Waals surface area contributed by atoms with Crippen molar-refractivity contribution in [2.24, 2.45) is 10.4 Å². The third-order valence-electron chi connectivity index (χ3n) is 7.16. The van der Waals surface area contributed by atoms with Gasteiger partial charge in [-0.25, -0.2) is 4.99 Å². The second-order valence-electron chi connectivity index (χ2n) is 9.91. The van der Waals surface area contributed by atoms with Gasteiger partial charge in [-0.2, -0.15) is 10.4 Å². The molecule has 0 spiro atoms. The predicted molar refractivity (Wildman–Crippen MR) is 143 cm³/mol. The van der Waals surface area contributed by atoms with Crippen LogP contribution in [-0.4, -0.2) is 28.1 Å². The van der Waals surface area contributed by atoms with Crippen molar-refractivity contribution >= 4 is 17.3 Å². The van der Waals surface area contributed by atoms with Crippen LogP contribution in [0.1, 0.15) is 74.8 Å². The fourth-order valence-corrected chi connectivity index (χ4v) is 5.15. The number of nitrogens with zero attached hydrogens (tertiary/aromatic N) is 4. The molecule has 1 aliphatic carbocycles. The van der Waals surface area contributed by atoms with E-state index in [0.29, 0.717) is 18.5 Å². The van der Waals surface area contributed by atoms with E-state index < -0.39 is 0 Å². The maximum absolute atomic E-state index is 12.8. The molecule has 2 N–H and O–H groups in total. The first kappa shape index (κ1) is 25.2. The number of benzene rings is 1. The van der Waals surface area contributed by atoms with Gasteiger partial charge in [-0.3, -0.25) is 9.48 Å². The highest BCUT2D eigenvalue weighted by Crippen LogP contribution is 2.47. The quantitative estimate of drug-likeness (QED) is 0.516. The minimum absolute atomic E-state index is 0.0805. The van der Waals surface area contributed by atoms with Crippen molar-refractivity contribution in [3.8, 4) is 6.07 Å². The van der Waals surface area contributed by atoms with E-state index in [-0.39, 0.29) is 17.4 Å². The molecule has 2 heterocycles. The van der Waals surface area contributed by atoms with Crippen LogP contribution in [0.15, 0.2) is 77.3 Å². The largest absolute Gasteiger partial charge is 0.351 e. The van der Waals surface area contributed by atoms with Gasteiger partial charge in [-0.05, 0) is 57.4 Å². The van der Waals surface area contributed by atoms with Crippen molar-refractivity contribution in [3.63, 3.8) is 0 Å². The zero-order valence-electron chi connectivity index (χ0n) is 21.3. The van der Waals surface area contributed by atoms with Crippen molar-refractivity contribution in [1.29, 1.82) is 5.26 Å². The van der Waals surface area contributed by atoms with E-state index in [0.717, 1.165) is 53.8 Å². The third-order valence-corrected chi connectivity index (χ3v) is 7.16. The first-order valence-electron chi connectivity index (χ1n) is 12.5. The molecular formula is C29H34N6O. The summed E-state index contributed by atoms with van der Waals surface area (Å²) in [6.07, 6.45) is 14.1. The molecule has 2 aliphatic rings. The van der Waals surface area contributed by atoms with Gasteiger partial charge in [0.1, 0.15) is 5.84 Å². The van der Waals surface area contributed by atoms with Crippen molar-refractivity contribution < 1.29 is 4.79 Å². The zero-order valence-corrected chi connectivity index (χ0v) is 21.3. The number of nitrogens with one attached hydrogen (secondary N) is 2. The van der Waals surface area contributed by atoms with Crippen LogP contribution in [0.5, 0.6) is 0 Å². The second-order valence-corrected chi connectivity index (χ2v) is 9.91. The molecule has 1 aliphatic heterocycles. The summed E-state index contributed by atoms with van der Waals surface area (Å²) < 4.78 is 1.95. The lowest BCUT2D eigenvalue weighted by Crippen LogP contribution is -2.42. The number of carbonyl (C=O) groups excluding carboxylic acids is 1. The molecule has 1 saturated carbocycles. The number of aliphatic imine (C=N–C) groups is 1. The van der Waals surface area contributed by atoms with Gasteiger partial charge < -0.3 is 10.6 Å². The minimum atomic E-state index is -0.213. The summed E-state index contributed by atoms with van der Waals surface area (Å²) in [6, 6.07) is 11.5. The topological polar surface area (TPSA) is 95.1 Å². The summed E-state index contributed by atoms with van der Waals surface area (Å²) in [6.45, 7) is 6.62. The van der Waals surface area contributed by atoms with Gasteiger partial charge >= 0.3 is 0 Å². The van der Waals surface area contributed by atoms with Crippen LogP contribution < -0.4 is 10.6 Å². The Kier molecular flexibility index (Phi) is 7.84. The number of nitriles is 1. The molecule has 1 fully saturated rings. The summed E-state index contributed by atoms with van der Waals surface area (Å²) in [5.74, 6) is 0.730. The van der Waals surface area contributed by atoms with E-state index in [1.54, 1.807) is 0 Å². The molecule has 7 heteroatoms. The molecule has 1 atom stereocenters. The number of carbonyl (C=O) groups is 1. The van der Waals surface area contributed by atoms with Gasteiger partial charge in [-0.15, -0.1) is 0 Å². The fourth-order valence-electron chi connectivity index (χ4n) is 5.15. The third kappa shape index (κ3) is 5.49. The summed E-state index contributed by atoms with van der Waals surface area (Å²) in [5.41, 5.74) is 4.64. The standard InChI is InChI=1S/C29H34N6O/c1-21(2)17-32-27-25(12-16-31-27)22(3)24-18-34-35(19-24)26(11-15-30)29(13-7-8-14-29)20-33-28(36)23-9-5-4-6-10-23/h4-6,9-10,12,16-19,26H,7-8,11,13-14,20H2,1-3H3,(H,31,32)(H,33,36)/b25-22+. The average molecular weight is 483 g/mol. The SMILES string of the molecule is CC(C)=C/N=C1/NC=C/C1=C(/C)c1cnn(C(CC#N)C2(CNC(=O)c3ccccc3)CCCC2)c1. The highest BCUT2D eigenvalue weighted by molar-refractivity contribution is 6.09. The number of amides is 1. The van der Waals surface area contributed by atoms with E-state index in [4.69, 9.17) is 5.10 Å². The zero-order chi connectivity index (χ0) is 25.5. The lowest BCUT2D eigenvalue weighted by Gasteiger charge is -2.37. The Labute approximate surface area is 213 Å². The van der Waals surface area contributed by atoms with Crippen molar-refractivity contribution in [2.75, 3.05) is 6.54 Å². The van der Waals surface area contributed by atoms with Crippen LogP contribution in [0.4, 0.5) is 0 Å². The van der Waals surface area contributed by atoms with Crippen LogP contribution in [0.2, 0.25) is 0 Å². The van der Waals surface area contributed by atoms with Gasteiger partial charge in [0.25, 0.3) is 5.91 Å². The molecule has 0 bridgehead atoms. The maximum Gasteiger partial charge on any atom is 0.251 e. The van der Waals surface area contributed by atoms with Gasteiger partial charge in [0.15, 0.2) is 0 Å². The molecule has 0 radical (unpaired) electrons. The number of hydrogen-bond donors (Lipinski definition) is 2. The molecule has 0 saturated heterocycles. The molecule has 1 aromatic carbocycles. The first-order chi connectivity index (χ1) is 17.4. The summed E-state index contributed by atoms with van der Waals surface area (Å²) >= 11 is 0. The van der Waals surface area contributed by atoms with Crippen molar-refractivity contribution in [2.45, 2.75) is 58.9 Å². The highest BCUT2D eigenvalue weighted by Gasteiger charge is 2.43. The molecular weight excluding hydrogens is 448 g/mol. The summed E-state index contributed by atoms with van der Waals surface area (Å²) in [4.78, 5) is 17.4. The smallest absolute Gasteiger partial charge is 0.251 e. The normalized spacial score (nSPS) is 19.4. The second kappa shape index (κ2) is 11.2. The summed E-state index contributed by atoms with van der Waals surface area (Å²) in [7, 11) is 0. The number of aromatic nitrogens is 2. The highest BCUT2D eigenvalue weighted by atomic mass is 16.1. The summed E-state index contributed by atoms with van der Waals surface area (Å²) in [5, 5.41) is 20.8. The van der Waals surface area contributed by atoms with Gasteiger partial charge in [0.05, 0.1) is 24.7 Å². The van der Waals surface area contributed by atoms with E-state index in [1.165, 1.54) is 0 Å². The molecule has 1 amide bonds. The van der Waals surface area contributed by atoms with Crippen LogP contribution in [0, 0.1) is 16.7 Å². The molecule has 7 nitrogen and oxygen atoms in total. The Bertz CT molecular complexity index is 1250. The molecule has 36 heavy (non-hydrogen) atoms. The minimum Gasteiger partial charge on any atom is -0.351 e. The van der Waals surface area contributed by atoms with E-state index >= 15 is 0 Å². The average Bonchev–Trinajstić information content (AvgIpc) is 3.66. The first-order valence-corrected chi connectivity index (χ1v) is 12.5. The van der Waals surface area contributed by atoms with Gasteiger partial charge in [0.2, 0.25) is 0 Å². The van der Waals surface area contributed by atoms with E-state index in [2.05, 4.69) is 28.6 Å². The van der Waals surface area contributed by atoms with Gasteiger partial charge in [0, 0.05) is 47.3 Å². The van der Waals surface area contributed by atoms with Crippen LogP contribution in [0.3, 0.4) is 0 Å². The van der Waals surface area contributed by atoms with E-state index in [9.17, 15) is 10.1 Å². The maximum atomic E-state index is 12.8. The van der Waals surface area contributed by atoms with E-state index in [1.807, 2.05) is 79.7 Å². The van der Waals surface area contributed by atoms with Crippen LogP contribution in [-0.2, 0) is 0 Å². The number of amidine groups is 1. The number of rotatable bonds is 8. The Morgan fingerprint density at radius 1 is 1.25 bits per heavy atom. The lowest BCUT2D eigenvalue weighted by atomic mass is 9.77. The molecule has 1 aromatic heterocycles. The number of hydrogen-bond acceptors (Lipinski definition) is 4. The lowest BCUT2D eigenvalue weighted by molar-refractivity contribution is 0.0894. The Morgan fingerprint density at radius 2 is 2.00 bits per heavy atom. The molecule has 4 rings (SSSR count). The van der Waals surface area contributed by atoms with Crippen LogP contribution in [0.25, 0.3) is 5.57 Å². The van der Waals surface area contributed by atoms with Gasteiger partial charge in [-0.1, -0.05) is 36.6 Å². The molecule has 1 unspecified atom stereocenters. The Morgan fingerprint density at radius 3 is 2.69 bits per heavy atom. The predicted octanol–water partition coefficient (Wildman–Crippen LogP) is 5.54. The fraction of sp³-hybridized carbons (Fsp3) is 0.379. The van der Waals surface area contributed by atoms with Crippen LogP contribution >= 0.6 is 0 Å². The Hall–Kier alpha value is -3.92.